The molecule has 0 fully saturated rings. The van der Waals surface area contributed by atoms with Crippen molar-refractivity contribution in [2.45, 2.75) is 19.8 Å². The third-order valence-corrected chi connectivity index (χ3v) is 2.27. The van der Waals surface area contributed by atoms with E-state index in [1.54, 1.807) is 18.3 Å². The number of nitrogens with zero attached hydrogens (tertiary/aromatic N) is 2. The van der Waals surface area contributed by atoms with Crippen LogP contribution >= 0.6 is 0 Å². The Morgan fingerprint density at radius 1 is 1.50 bits per heavy atom. The first-order valence-corrected chi connectivity index (χ1v) is 5.57. The van der Waals surface area contributed by atoms with Crippen LogP contribution in [0.2, 0.25) is 0 Å². The molecule has 0 aliphatic rings. The molecule has 16 heavy (non-hydrogen) atoms. The molecule has 0 radical (unpaired) electrons. The van der Waals surface area contributed by atoms with Gasteiger partial charge in [0, 0.05) is 26.8 Å². The highest BCUT2D eigenvalue weighted by molar-refractivity contribution is 5.98. The molecule has 0 unspecified atom stereocenters. The molecule has 4 nitrogen and oxygen atoms in total. The van der Waals surface area contributed by atoms with Crippen LogP contribution in [0.3, 0.4) is 0 Å². The van der Waals surface area contributed by atoms with Gasteiger partial charge in [-0.3, -0.25) is 4.79 Å². The number of hydrogen-bond donors (Lipinski definition) is 1. The second-order valence-electron chi connectivity index (χ2n) is 3.88. The fourth-order valence-electron chi connectivity index (χ4n) is 1.40. The molecule has 0 spiro atoms. The molecule has 0 bridgehead atoms. The maximum atomic E-state index is 11.9. The molecule has 1 aromatic rings. The zero-order chi connectivity index (χ0) is 12.0. The molecule has 0 aliphatic heterocycles. The van der Waals surface area contributed by atoms with Gasteiger partial charge in [0.15, 0.2) is 0 Å². The number of rotatable bonds is 5. The zero-order valence-corrected chi connectivity index (χ0v) is 10.2. The van der Waals surface area contributed by atoms with Gasteiger partial charge < -0.3 is 10.2 Å². The Kier molecular flexibility index (Phi) is 4.76. The summed E-state index contributed by atoms with van der Waals surface area (Å²) in [5.41, 5.74) is 0.628. The highest BCUT2D eigenvalue weighted by Gasteiger charge is 2.12. The van der Waals surface area contributed by atoms with Gasteiger partial charge in [-0.25, -0.2) is 4.98 Å². The van der Waals surface area contributed by atoms with Crippen LogP contribution in [0.4, 0.5) is 5.82 Å². The van der Waals surface area contributed by atoms with Crippen LogP contribution in [0.5, 0.6) is 0 Å². The third kappa shape index (κ3) is 3.22. The molecular weight excluding hydrogens is 202 g/mol. The quantitative estimate of drug-likeness (QED) is 0.769. The van der Waals surface area contributed by atoms with E-state index in [0.717, 1.165) is 19.4 Å². The topological polar surface area (TPSA) is 45.2 Å². The summed E-state index contributed by atoms with van der Waals surface area (Å²) in [6.07, 6.45) is 3.77. The van der Waals surface area contributed by atoms with Crippen molar-refractivity contribution < 1.29 is 4.79 Å². The Morgan fingerprint density at radius 2 is 2.25 bits per heavy atom. The molecular formula is C12H19N3O. The second-order valence-corrected chi connectivity index (χ2v) is 3.88. The van der Waals surface area contributed by atoms with Crippen molar-refractivity contribution in [2.24, 2.45) is 0 Å². The van der Waals surface area contributed by atoms with Crippen molar-refractivity contribution in [1.82, 2.24) is 10.3 Å². The molecule has 0 saturated heterocycles. The highest BCUT2D eigenvalue weighted by Crippen LogP contribution is 2.13. The average Bonchev–Trinajstić information content (AvgIpc) is 2.29. The SMILES string of the molecule is CCCCNC(=O)c1cccnc1N(C)C. The van der Waals surface area contributed by atoms with E-state index in [9.17, 15) is 4.79 Å². The minimum absolute atomic E-state index is 0.0507. The molecule has 0 atom stereocenters. The monoisotopic (exact) mass is 221 g/mol. The molecule has 4 heteroatoms. The number of carbonyl (C=O) groups excluding carboxylic acids is 1. The fraction of sp³-hybridized carbons (Fsp3) is 0.500. The van der Waals surface area contributed by atoms with Gasteiger partial charge in [0.1, 0.15) is 5.82 Å². The Labute approximate surface area is 96.7 Å². The molecule has 1 rings (SSSR count). The van der Waals surface area contributed by atoms with Gasteiger partial charge in [-0.1, -0.05) is 13.3 Å². The standard InChI is InChI=1S/C12H19N3O/c1-4-5-8-14-12(16)10-7-6-9-13-11(10)15(2)3/h6-7,9H,4-5,8H2,1-3H3,(H,14,16). The summed E-state index contributed by atoms with van der Waals surface area (Å²) in [6.45, 7) is 2.82. The second kappa shape index (κ2) is 6.10. The van der Waals surface area contributed by atoms with Crippen LogP contribution in [-0.2, 0) is 0 Å². The summed E-state index contributed by atoms with van der Waals surface area (Å²) in [7, 11) is 3.76. The molecule has 1 aromatic heterocycles. The number of carbonyl (C=O) groups is 1. The number of pyridine rings is 1. The molecule has 1 N–H and O–H groups in total. The highest BCUT2D eigenvalue weighted by atomic mass is 16.1. The minimum atomic E-state index is -0.0507. The van der Waals surface area contributed by atoms with Crippen LogP contribution in [-0.4, -0.2) is 31.5 Å². The van der Waals surface area contributed by atoms with E-state index in [2.05, 4.69) is 17.2 Å². The first kappa shape index (κ1) is 12.5. The van der Waals surface area contributed by atoms with Gasteiger partial charge in [-0.05, 0) is 18.6 Å². The number of aromatic nitrogens is 1. The number of unbranched alkanes of at least 4 members (excludes halogenated alkanes) is 1. The summed E-state index contributed by atoms with van der Waals surface area (Å²) < 4.78 is 0. The van der Waals surface area contributed by atoms with Crippen molar-refractivity contribution in [3.05, 3.63) is 23.9 Å². The molecule has 1 amide bonds. The number of nitrogens with one attached hydrogen (secondary N) is 1. The summed E-state index contributed by atoms with van der Waals surface area (Å²) >= 11 is 0. The maximum absolute atomic E-state index is 11.9. The minimum Gasteiger partial charge on any atom is -0.362 e. The summed E-state index contributed by atoms with van der Waals surface area (Å²) in [5.74, 6) is 0.654. The van der Waals surface area contributed by atoms with Gasteiger partial charge in [0.2, 0.25) is 0 Å². The van der Waals surface area contributed by atoms with Crippen molar-refractivity contribution >= 4 is 11.7 Å². The van der Waals surface area contributed by atoms with Crippen molar-refractivity contribution in [3.63, 3.8) is 0 Å². The lowest BCUT2D eigenvalue weighted by Crippen LogP contribution is -2.27. The summed E-state index contributed by atoms with van der Waals surface area (Å²) in [5, 5.41) is 2.89. The van der Waals surface area contributed by atoms with Crippen molar-refractivity contribution in [3.8, 4) is 0 Å². The Hall–Kier alpha value is -1.58. The Balaban J connectivity index is 2.74. The maximum Gasteiger partial charge on any atom is 0.255 e. The lowest BCUT2D eigenvalue weighted by atomic mass is 10.2. The summed E-state index contributed by atoms with van der Waals surface area (Å²) in [4.78, 5) is 17.9. The largest absolute Gasteiger partial charge is 0.362 e. The van der Waals surface area contributed by atoms with E-state index in [0.29, 0.717) is 11.4 Å². The predicted molar refractivity (Wildman–Crippen MR) is 65.8 cm³/mol. The lowest BCUT2D eigenvalue weighted by molar-refractivity contribution is 0.0953. The van der Waals surface area contributed by atoms with Crippen LogP contribution in [0.25, 0.3) is 0 Å². The average molecular weight is 221 g/mol. The van der Waals surface area contributed by atoms with Crippen LogP contribution in [0, 0.1) is 0 Å². The predicted octanol–water partition coefficient (Wildman–Crippen LogP) is 1.68. The van der Waals surface area contributed by atoms with E-state index in [1.165, 1.54) is 0 Å². The van der Waals surface area contributed by atoms with Gasteiger partial charge in [0.05, 0.1) is 5.56 Å². The van der Waals surface area contributed by atoms with E-state index in [-0.39, 0.29) is 5.91 Å². The van der Waals surface area contributed by atoms with E-state index in [1.807, 2.05) is 19.0 Å². The molecule has 0 aromatic carbocycles. The van der Waals surface area contributed by atoms with Gasteiger partial charge >= 0.3 is 0 Å². The van der Waals surface area contributed by atoms with Crippen molar-refractivity contribution in [1.29, 1.82) is 0 Å². The Bertz CT molecular complexity index is 350. The smallest absolute Gasteiger partial charge is 0.255 e. The third-order valence-electron chi connectivity index (χ3n) is 2.27. The first-order valence-electron chi connectivity index (χ1n) is 5.57. The molecule has 1 heterocycles. The van der Waals surface area contributed by atoms with Gasteiger partial charge in [-0.2, -0.15) is 0 Å². The summed E-state index contributed by atoms with van der Waals surface area (Å²) in [6, 6.07) is 3.57. The van der Waals surface area contributed by atoms with Crippen LogP contribution in [0.1, 0.15) is 30.1 Å². The van der Waals surface area contributed by atoms with E-state index >= 15 is 0 Å². The van der Waals surface area contributed by atoms with E-state index in [4.69, 9.17) is 0 Å². The number of amides is 1. The van der Waals surface area contributed by atoms with Gasteiger partial charge in [0.25, 0.3) is 5.91 Å². The van der Waals surface area contributed by atoms with Gasteiger partial charge in [-0.15, -0.1) is 0 Å². The van der Waals surface area contributed by atoms with Crippen molar-refractivity contribution in [2.75, 3.05) is 25.5 Å². The number of anilines is 1. The Morgan fingerprint density at radius 3 is 2.88 bits per heavy atom. The zero-order valence-electron chi connectivity index (χ0n) is 10.2. The molecule has 0 saturated carbocycles. The normalized spacial score (nSPS) is 9.94. The fourth-order valence-corrected chi connectivity index (χ4v) is 1.40. The molecule has 0 aliphatic carbocycles. The first-order chi connectivity index (χ1) is 7.66. The van der Waals surface area contributed by atoms with E-state index < -0.39 is 0 Å². The molecule has 88 valence electrons. The number of hydrogen-bond acceptors (Lipinski definition) is 3. The van der Waals surface area contributed by atoms with Crippen LogP contribution < -0.4 is 10.2 Å². The lowest BCUT2D eigenvalue weighted by Gasteiger charge is -2.15. The van der Waals surface area contributed by atoms with Crippen LogP contribution in [0.15, 0.2) is 18.3 Å².